The van der Waals surface area contributed by atoms with Crippen molar-refractivity contribution in [3.63, 3.8) is 0 Å². The predicted octanol–water partition coefficient (Wildman–Crippen LogP) is 3.84. The van der Waals surface area contributed by atoms with Crippen molar-refractivity contribution >= 4 is 8.80 Å². The molecule has 2 heteroatoms. The van der Waals surface area contributed by atoms with Crippen LogP contribution in [0.15, 0.2) is 0 Å². The van der Waals surface area contributed by atoms with E-state index in [1.54, 1.807) is 6.04 Å². The van der Waals surface area contributed by atoms with Gasteiger partial charge in [0.1, 0.15) is 0 Å². The first-order chi connectivity index (χ1) is 5.20. The first-order valence-corrected chi connectivity index (χ1v) is 8.33. The van der Waals surface area contributed by atoms with E-state index in [0.717, 1.165) is 5.92 Å². The van der Waals surface area contributed by atoms with Gasteiger partial charge in [-0.15, -0.1) is 0 Å². The second-order valence-corrected chi connectivity index (χ2v) is 7.31. The quantitative estimate of drug-likeness (QED) is 0.561. The summed E-state index contributed by atoms with van der Waals surface area (Å²) in [5.74, 6) is 1.06. The van der Waals surface area contributed by atoms with Crippen LogP contribution < -0.4 is 0 Å². The van der Waals surface area contributed by atoms with Crippen LogP contribution in [0.2, 0.25) is 19.1 Å². The van der Waals surface area contributed by atoms with Crippen LogP contribution >= 0.6 is 0 Å². The van der Waals surface area contributed by atoms with Gasteiger partial charge in [-0.05, 0) is 5.92 Å². The van der Waals surface area contributed by atoms with Crippen LogP contribution in [0, 0.1) is 5.92 Å². The van der Waals surface area contributed by atoms with Crippen LogP contribution in [0.4, 0.5) is 4.70 Å². The Bertz CT molecular complexity index is 83.9. The molecule has 0 rings (SSSR count). The zero-order chi connectivity index (χ0) is 8.69. The van der Waals surface area contributed by atoms with E-state index in [0.29, 0.717) is 0 Å². The topological polar surface area (TPSA) is 0 Å². The van der Waals surface area contributed by atoms with Gasteiger partial charge in [0.05, 0.1) is 0 Å². The van der Waals surface area contributed by atoms with Crippen LogP contribution in [0.1, 0.15) is 39.5 Å². The van der Waals surface area contributed by atoms with Gasteiger partial charge in [0.25, 0.3) is 0 Å². The molecule has 0 aliphatic rings. The van der Waals surface area contributed by atoms with Gasteiger partial charge in [-0.2, -0.15) is 0 Å². The molecule has 0 heterocycles. The van der Waals surface area contributed by atoms with E-state index >= 15 is 0 Å². The first kappa shape index (κ1) is 14.7. The van der Waals surface area contributed by atoms with Crippen molar-refractivity contribution in [3.8, 4) is 0 Å². The normalized spacial score (nSPS) is 12.8. The highest BCUT2D eigenvalue weighted by Gasteiger charge is 2.07. The Labute approximate surface area is 78.7 Å². The minimum absolute atomic E-state index is 0. The fraction of sp³-hybridized carbons (Fsp3) is 1.00. The zero-order valence-corrected chi connectivity index (χ0v) is 10.3. The van der Waals surface area contributed by atoms with Crippen LogP contribution in [-0.2, 0) is 0 Å². The molecule has 0 saturated heterocycles. The maximum atomic E-state index is 2.47. The molecule has 0 aliphatic carbocycles. The van der Waals surface area contributed by atoms with Gasteiger partial charge >= 0.3 is 0 Å². The second kappa shape index (κ2) is 9.24. The van der Waals surface area contributed by atoms with E-state index in [1.807, 2.05) is 0 Å². The van der Waals surface area contributed by atoms with Crippen molar-refractivity contribution < 1.29 is 4.70 Å². The standard InChI is InChI=1S/C10H24Si.FH/c1-5-7-8-10(6-2)9-11(3)4;/h10-11H,5-9H2,1-4H3;1H. The highest BCUT2D eigenvalue weighted by molar-refractivity contribution is 6.55. The van der Waals surface area contributed by atoms with E-state index < -0.39 is 0 Å². The van der Waals surface area contributed by atoms with Crippen LogP contribution in [-0.4, -0.2) is 8.80 Å². The Morgan fingerprint density at radius 2 is 1.75 bits per heavy atom. The van der Waals surface area contributed by atoms with E-state index in [1.165, 1.54) is 25.7 Å². The summed E-state index contributed by atoms with van der Waals surface area (Å²) in [7, 11) is -0.289. The number of hydrogen-bond donors (Lipinski definition) is 0. The smallest absolute Gasteiger partial charge is 0.0308 e. The second-order valence-electron chi connectivity index (χ2n) is 4.05. The molecule has 0 N–H and O–H groups in total. The Kier molecular flexibility index (Phi) is 11.3. The lowest BCUT2D eigenvalue weighted by Gasteiger charge is -2.15. The average molecular weight is 192 g/mol. The molecule has 0 aromatic carbocycles. The molecule has 0 radical (unpaired) electrons. The summed E-state index contributed by atoms with van der Waals surface area (Å²) in [5, 5.41) is 0. The van der Waals surface area contributed by atoms with Crippen LogP contribution in [0.3, 0.4) is 0 Å². The number of hydrogen-bond acceptors (Lipinski definition) is 0. The van der Waals surface area contributed by atoms with E-state index in [9.17, 15) is 0 Å². The van der Waals surface area contributed by atoms with Gasteiger partial charge in [-0.25, -0.2) is 0 Å². The van der Waals surface area contributed by atoms with Crippen molar-refractivity contribution in [1.29, 1.82) is 0 Å². The zero-order valence-electron chi connectivity index (χ0n) is 9.10. The molecule has 1 unspecified atom stereocenters. The van der Waals surface area contributed by atoms with Crippen molar-refractivity contribution in [2.45, 2.75) is 58.7 Å². The maximum absolute atomic E-state index is 2.47. The summed E-state index contributed by atoms with van der Waals surface area (Å²) >= 11 is 0. The summed E-state index contributed by atoms with van der Waals surface area (Å²) in [5.41, 5.74) is 0. The molecule has 0 fully saturated rings. The summed E-state index contributed by atoms with van der Waals surface area (Å²) in [6.07, 6.45) is 5.71. The Hall–Kier alpha value is 0.147. The summed E-state index contributed by atoms with van der Waals surface area (Å²) in [4.78, 5) is 0. The fourth-order valence-electron chi connectivity index (χ4n) is 1.65. The van der Waals surface area contributed by atoms with E-state index in [-0.39, 0.29) is 13.5 Å². The molecule has 0 amide bonds. The molecule has 76 valence electrons. The molecule has 1 atom stereocenters. The fourth-order valence-corrected chi connectivity index (χ4v) is 3.55. The highest BCUT2D eigenvalue weighted by Crippen LogP contribution is 2.18. The molecule has 0 aromatic heterocycles. The van der Waals surface area contributed by atoms with Gasteiger partial charge in [-0.3, -0.25) is 4.70 Å². The van der Waals surface area contributed by atoms with Gasteiger partial charge < -0.3 is 0 Å². The van der Waals surface area contributed by atoms with Crippen LogP contribution in [0.5, 0.6) is 0 Å². The number of rotatable bonds is 6. The minimum atomic E-state index is -0.289. The minimum Gasteiger partial charge on any atom is -0.269 e. The molecule has 0 aliphatic heterocycles. The number of halogens is 1. The van der Waals surface area contributed by atoms with Gasteiger partial charge in [0.2, 0.25) is 0 Å². The average Bonchev–Trinajstić information content (AvgIpc) is 1.97. The Morgan fingerprint density at radius 1 is 1.17 bits per heavy atom. The van der Waals surface area contributed by atoms with Gasteiger partial charge in [0.15, 0.2) is 0 Å². The van der Waals surface area contributed by atoms with Gasteiger partial charge in [-0.1, -0.05) is 58.7 Å². The van der Waals surface area contributed by atoms with Gasteiger partial charge in [0, 0.05) is 8.80 Å². The molecule has 0 bridgehead atoms. The largest absolute Gasteiger partial charge is 0.269 e. The molecule has 0 aromatic rings. The lowest BCUT2D eigenvalue weighted by molar-refractivity contribution is 0.488. The highest BCUT2D eigenvalue weighted by atomic mass is 28.3. The molecular formula is C10H25FSi. The van der Waals surface area contributed by atoms with Crippen molar-refractivity contribution in [1.82, 2.24) is 0 Å². The SMILES string of the molecule is CCCCC(CC)C[SiH](C)C.F. The third kappa shape index (κ3) is 8.25. The molecular weight excluding hydrogens is 167 g/mol. The monoisotopic (exact) mass is 192 g/mol. The predicted molar refractivity (Wildman–Crippen MR) is 59.5 cm³/mol. The number of unbranched alkanes of at least 4 members (excludes halogenated alkanes) is 1. The van der Waals surface area contributed by atoms with Crippen LogP contribution in [0.25, 0.3) is 0 Å². The third-order valence-corrected chi connectivity index (χ3v) is 3.96. The van der Waals surface area contributed by atoms with E-state index in [2.05, 4.69) is 26.9 Å². The molecule has 0 nitrogen and oxygen atoms in total. The molecule has 12 heavy (non-hydrogen) atoms. The Morgan fingerprint density at radius 3 is 2.08 bits per heavy atom. The summed E-state index contributed by atoms with van der Waals surface area (Å²) < 4.78 is 0. The van der Waals surface area contributed by atoms with E-state index in [4.69, 9.17) is 0 Å². The lowest BCUT2D eigenvalue weighted by atomic mass is 10.0. The molecule has 0 spiro atoms. The third-order valence-electron chi connectivity index (χ3n) is 2.35. The summed E-state index contributed by atoms with van der Waals surface area (Å²) in [6, 6.07) is 1.57. The lowest BCUT2D eigenvalue weighted by Crippen LogP contribution is -2.08. The first-order valence-electron chi connectivity index (χ1n) is 5.20. The Balaban J connectivity index is 0. The molecule has 0 saturated carbocycles. The van der Waals surface area contributed by atoms with Crippen molar-refractivity contribution in [2.24, 2.45) is 5.92 Å². The van der Waals surface area contributed by atoms with Crippen molar-refractivity contribution in [2.75, 3.05) is 0 Å². The van der Waals surface area contributed by atoms with Crippen molar-refractivity contribution in [3.05, 3.63) is 0 Å². The maximum Gasteiger partial charge on any atom is 0.0308 e. The summed E-state index contributed by atoms with van der Waals surface area (Å²) in [6.45, 7) is 9.57.